The van der Waals surface area contributed by atoms with E-state index in [1.54, 1.807) is 6.20 Å². The predicted molar refractivity (Wildman–Crippen MR) is 127 cm³/mol. The minimum Gasteiger partial charge on any atom is -0.423 e. The Hall–Kier alpha value is -2.36. The molecule has 2 aromatic heterocycles. The minimum absolute atomic E-state index is 0.0930. The van der Waals surface area contributed by atoms with Crippen LogP contribution in [0.3, 0.4) is 0 Å². The molecule has 1 fully saturated rings. The first-order valence-electron chi connectivity index (χ1n) is 10.9. The fourth-order valence-corrected chi connectivity index (χ4v) is 4.99. The third-order valence-electron chi connectivity index (χ3n) is 6.43. The first-order valence-corrected chi connectivity index (χ1v) is 14.6. The van der Waals surface area contributed by atoms with Crippen LogP contribution < -0.4 is 5.32 Å². The van der Waals surface area contributed by atoms with E-state index in [1.165, 1.54) is 11.3 Å². The molecule has 9 heteroatoms. The van der Waals surface area contributed by atoms with Gasteiger partial charge in [-0.25, -0.2) is 4.98 Å². The van der Waals surface area contributed by atoms with Crippen LogP contribution >= 0.6 is 11.3 Å². The van der Waals surface area contributed by atoms with Gasteiger partial charge in [-0.15, -0.1) is 21.5 Å². The number of rotatable bonds is 7. The minimum atomic E-state index is -1.86. The van der Waals surface area contributed by atoms with Crippen LogP contribution in [0.15, 0.2) is 40.9 Å². The Morgan fingerprint density at radius 1 is 1.22 bits per heavy atom. The summed E-state index contributed by atoms with van der Waals surface area (Å²) in [4.78, 5) is 17.9. The summed E-state index contributed by atoms with van der Waals surface area (Å²) < 4.78 is 12.0. The fraction of sp³-hybridized carbons (Fsp3) is 0.478. The molecule has 4 rings (SSSR count). The normalized spacial score (nSPS) is 18.9. The molecule has 0 spiro atoms. The SMILES string of the molecule is CC(C)(C)[Si](C)(C)OCc1nnc(C2CC(NC(=O)c3ncc(-c4ccccc4)s3)C2)o1. The Morgan fingerprint density at radius 3 is 2.62 bits per heavy atom. The summed E-state index contributed by atoms with van der Waals surface area (Å²) in [6.07, 6.45) is 3.32. The zero-order valence-corrected chi connectivity index (χ0v) is 21.0. The highest BCUT2D eigenvalue weighted by Crippen LogP contribution is 2.38. The molecule has 1 aromatic carbocycles. The molecule has 1 amide bonds. The van der Waals surface area contributed by atoms with Gasteiger partial charge in [0.15, 0.2) is 13.3 Å². The summed E-state index contributed by atoms with van der Waals surface area (Å²) >= 11 is 1.41. The highest BCUT2D eigenvalue weighted by atomic mass is 32.1. The summed E-state index contributed by atoms with van der Waals surface area (Å²) in [5, 5.41) is 12.0. The lowest BCUT2D eigenvalue weighted by Gasteiger charge is -2.35. The highest BCUT2D eigenvalue weighted by molar-refractivity contribution is 7.17. The van der Waals surface area contributed by atoms with Gasteiger partial charge in [-0.3, -0.25) is 4.79 Å². The summed E-state index contributed by atoms with van der Waals surface area (Å²) in [6.45, 7) is 11.4. The van der Waals surface area contributed by atoms with Gasteiger partial charge in [0, 0.05) is 18.2 Å². The van der Waals surface area contributed by atoms with Crippen LogP contribution in [-0.4, -0.2) is 35.4 Å². The standard InChI is InChI=1S/C23H30N4O3SSi/c1-23(2,3)32(4,5)29-14-19-26-27-21(30-19)16-11-17(12-16)25-20(28)22-24-13-18(31-22)15-9-7-6-8-10-15/h6-10,13,16-17H,11-12,14H2,1-5H3,(H,25,28). The van der Waals surface area contributed by atoms with Gasteiger partial charge < -0.3 is 14.2 Å². The first-order chi connectivity index (χ1) is 15.1. The van der Waals surface area contributed by atoms with Crippen LogP contribution in [0.4, 0.5) is 0 Å². The number of carbonyl (C=O) groups is 1. The van der Waals surface area contributed by atoms with Crippen molar-refractivity contribution in [1.82, 2.24) is 20.5 Å². The number of hydrogen-bond donors (Lipinski definition) is 1. The molecular weight excluding hydrogens is 440 g/mol. The van der Waals surface area contributed by atoms with Gasteiger partial charge in [0.05, 0.1) is 4.88 Å². The number of amides is 1. The number of benzene rings is 1. The van der Waals surface area contributed by atoms with Crippen LogP contribution in [0.1, 0.15) is 61.1 Å². The molecule has 7 nitrogen and oxygen atoms in total. The maximum Gasteiger partial charge on any atom is 0.280 e. The van der Waals surface area contributed by atoms with Crippen molar-refractivity contribution >= 4 is 25.6 Å². The maximum absolute atomic E-state index is 12.6. The summed E-state index contributed by atoms with van der Waals surface area (Å²) in [5.74, 6) is 1.19. The number of carbonyl (C=O) groups excluding carboxylic acids is 1. The Labute approximate surface area is 193 Å². The summed E-state index contributed by atoms with van der Waals surface area (Å²) in [6, 6.07) is 10.1. The number of hydrogen-bond acceptors (Lipinski definition) is 7. The van der Waals surface area contributed by atoms with Gasteiger partial charge in [-0.1, -0.05) is 51.1 Å². The molecular formula is C23H30N4O3SSi. The van der Waals surface area contributed by atoms with E-state index in [1.807, 2.05) is 30.3 Å². The van der Waals surface area contributed by atoms with Crippen LogP contribution in [0.5, 0.6) is 0 Å². The van der Waals surface area contributed by atoms with Crippen LogP contribution in [0, 0.1) is 0 Å². The second-order valence-electron chi connectivity index (χ2n) is 9.82. The largest absolute Gasteiger partial charge is 0.423 e. The van der Waals surface area contributed by atoms with E-state index >= 15 is 0 Å². The smallest absolute Gasteiger partial charge is 0.280 e. The topological polar surface area (TPSA) is 90.1 Å². The molecule has 1 aliphatic rings. The Kier molecular flexibility index (Phi) is 6.33. The van der Waals surface area contributed by atoms with Gasteiger partial charge in [0.1, 0.15) is 6.61 Å². The molecule has 1 saturated carbocycles. The van der Waals surface area contributed by atoms with E-state index in [0.717, 1.165) is 23.3 Å². The predicted octanol–water partition coefficient (Wildman–Crippen LogP) is 5.39. The Bertz CT molecular complexity index is 1070. The molecule has 0 bridgehead atoms. The molecule has 0 aliphatic heterocycles. The quantitative estimate of drug-likeness (QED) is 0.466. The van der Waals surface area contributed by atoms with Crippen molar-refractivity contribution in [3.63, 3.8) is 0 Å². The fourth-order valence-electron chi connectivity index (χ4n) is 3.25. The van der Waals surface area contributed by atoms with Crippen molar-refractivity contribution in [3.8, 4) is 10.4 Å². The second kappa shape index (κ2) is 8.88. The van der Waals surface area contributed by atoms with Crippen molar-refractivity contribution < 1.29 is 13.6 Å². The third kappa shape index (κ3) is 5.00. The van der Waals surface area contributed by atoms with E-state index in [2.05, 4.69) is 54.4 Å². The molecule has 0 unspecified atom stereocenters. The Balaban J connectivity index is 1.26. The second-order valence-corrected chi connectivity index (χ2v) is 15.7. The van der Waals surface area contributed by atoms with Gasteiger partial charge in [-0.05, 0) is 36.5 Å². The van der Waals surface area contributed by atoms with Crippen molar-refractivity contribution in [2.45, 2.75) is 70.3 Å². The van der Waals surface area contributed by atoms with Gasteiger partial charge in [0.25, 0.3) is 5.91 Å². The zero-order chi connectivity index (χ0) is 22.9. The summed E-state index contributed by atoms with van der Waals surface area (Å²) in [5.41, 5.74) is 1.07. The van der Waals surface area contributed by atoms with Crippen molar-refractivity contribution in [2.24, 2.45) is 0 Å². The van der Waals surface area contributed by atoms with E-state index < -0.39 is 8.32 Å². The maximum atomic E-state index is 12.6. The number of nitrogens with one attached hydrogen (secondary N) is 1. The molecule has 32 heavy (non-hydrogen) atoms. The first kappa shape index (κ1) is 22.8. The molecule has 1 N–H and O–H groups in total. The van der Waals surface area contributed by atoms with E-state index in [-0.39, 0.29) is 22.9 Å². The molecule has 0 saturated heterocycles. The lowest BCUT2D eigenvalue weighted by atomic mass is 9.80. The van der Waals surface area contributed by atoms with E-state index in [4.69, 9.17) is 8.84 Å². The number of aromatic nitrogens is 3. The van der Waals surface area contributed by atoms with Gasteiger partial charge >= 0.3 is 0 Å². The van der Waals surface area contributed by atoms with Crippen LogP contribution in [-0.2, 0) is 11.0 Å². The summed E-state index contributed by atoms with van der Waals surface area (Å²) in [7, 11) is -1.86. The third-order valence-corrected chi connectivity index (χ3v) is 11.9. The molecule has 170 valence electrons. The van der Waals surface area contributed by atoms with Gasteiger partial charge in [0.2, 0.25) is 11.8 Å². The van der Waals surface area contributed by atoms with E-state index in [0.29, 0.717) is 23.4 Å². The lowest BCUT2D eigenvalue weighted by molar-refractivity contribution is 0.0902. The number of nitrogens with zero attached hydrogens (tertiary/aromatic N) is 3. The average molecular weight is 471 g/mol. The average Bonchev–Trinajstić information content (AvgIpc) is 3.38. The van der Waals surface area contributed by atoms with Crippen molar-refractivity contribution in [2.75, 3.05) is 0 Å². The molecule has 0 radical (unpaired) electrons. The van der Waals surface area contributed by atoms with E-state index in [9.17, 15) is 4.79 Å². The molecule has 3 aromatic rings. The lowest BCUT2D eigenvalue weighted by Crippen LogP contribution is -2.43. The van der Waals surface area contributed by atoms with Crippen LogP contribution in [0.25, 0.3) is 10.4 Å². The van der Waals surface area contributed by atoms with Crippen molar-refractivity contribution in [1.29, 1.82) is 0 Å². The molecule has 0 atom stereocenters. The van der Waals surface area contributed by atoms with Crippen molar-refractivity contribution in [3.05, 3.63) is 53.3 Å². The van der Waals surface area contributed by atoms with Crippen LogP contribution in [0.2, 0.25) is 18.1 Å². The highest BCUT2D eigenvalue weighted by Gasteiger charge is 2.38. The monoisotopic (exact) mass is 470 g/mol. The Morgan fingerprint density at radius 2 is 1.94 bits per heavy atom. The van der Waals surface area contributed by atoms with Gasteiger partial charge in [-0.2, -0.15) is 0 Å². The molecule has 1 aliphatic carbocycles. The number of thiazole rings is 1. The zero-order valence-electron chi connectivity index (χ0n) is 19.2. The molecule has 2 heterocycles.